The molecule has 0 saturated carbocycles. The zero-order chi connectivity index (χ0) is 15.0. The molecule has 1 aliphatic rings. The minimum Gasteiger partial charge on any atom is -0.459 e. The first-order chi connectivity index (χ1) is 10.00. The van der Waals surface area contributed by atoms with Crippen LogP contribution in [0.4, 0.5) is 0 Å². The molecule has 2 unspecified atom stereocenters. The Morgan fingerprint density at radius 1 is 1.33 bits per heavy atom. The van der Waals surface area contributed by atoms with Crippen molar-refractivity contribution in [1.29, 1.82) is 0 Å². The highest BCUT2D eigenvalue weighted by Crippen LogP contribution is 2.32. The lowest BCUT2D eigenvalue weighted by Crippen LogP contribution is -2.31. The second kappa shape index (κ2) is 5.46. The number of benzene rings is 1. The molecule has 0 aliphatic carbocycles. The Labute approximate surface area is 125 Å². The number of nitrogens with one attached hydrogen (secondary N) is 1. The molecule has 5 heteroatoms. The number of para-hydroxylation sites is 1. The average molecular weight is 307 g/mol. The topological polar surface area (TPSA) is 59.3 Å². The van der Waals surface area contributed by atoms with E-state index >= 15 is 0 Å². The Morgan fingerprint density at radius 2 is 2.10 bits per heavy atom. The minimum absolute atomic E-state index is 0.115. The lowest BCUT2D eigenvalue weighted by Gasteiger charge is -2.18. The predicted octanol–water partition coefficient (Wildman–Crippen LogP) is 2.83. The molecule has 2 atom stereocenters. The van der Waals surface area contributed by atoms with Gasteiger partial charge in [0.15, 0.2) is 9.84 Å². The average Bonchev–Trinajstić information content (AvgIpc) is 2.76. The number of rotatable bonds is 2. The van der Waals surface area contributed by atoms with Crippen molar-refractivity contribution in [1.82, 2.24) is 5.32 Å². The molecule has 1 aromatic carbocycles. The molecule has 0 bridgehead atoms. The summed E-state index contributed by atoms with van der Waals surface area (Å²) < 4.78 is 30.3. The van der Waals surface area contributed by atoms with Crippen LogP contribution < -0.4 is 5.32 Å². The first-order valence-electron chi connectivity index (χ1n) is 7.47. The summed E-state index contributed by atoms with van der Waals surface area (Å²) in [6.45, 7) is 4.11. The lowest BCUT2D eigenvalue weighted by atomic mass is 10.0. The van der Waals surface area contributed by atoms with Gasteiger partial charge in [-0.25, -0.2) is 8.42 Å². The molecule has 1 N–H and O–H groups in total. The van der Waals surface area contributed by atoms with Gasteiger partial charge in [-0.15, -0.1) is 0 Å². The van der Waals surface area contributed by atoms with Gasteiger partial charge in [0.25, 0.3) is 0 Å². The number of hydrogen-bond donors (Lipinski definition) is 1. The van der Waals surface area contributed by atoms with Crippen LogP contribution in [0, 0.1) is 0 Å². The van der Waals surface area contributed by atoms with Crippen molar-refractivity contribution >= 4 is 20.8 Å². The molecule has 0 spiro atoms. The van der Waals surface area contributed by atoms with E-state index in [0.29, 0.717) is 6.42 Å². The Kier molecular flexibility index (Phi) is 3.80. The summed E-state index contributed by atoms with van der Waals surface area (Å²) in [7, 11) is -3.03. The fourth-order valence-electron chi connectivity index (χ4n) is 3.08. The first kappa shape index (κ1) is 14.6. The molecular weight excluding hydrogens is 286 g/mol. The molecule has 2 heterocycles. The predicted molar refractivity (Wildman–Crippen MR) is 84.2 cm³/mol. The number of aryl methyl sites for hydroxylation is 1. The molecule has 1 saturated heterocycles. The van der Waals surface area contributed by atoms with E-state index in [1.807, 2.05) is 31.2 Å². The van der Waals surface area contributed by atoms with Gasteiger partial charge in [0, 0.05) is 17.0 Å². The monoisotopic (exact) mass is 307 g/mol. The fraction of sp³-hybridized carbons (Fsp3) is 0.500. The van der Waals surface area contributed by atoms with Crippen molar-refractivity contribution in [2.24, 2.45) is 0 Å². The van der Waals surface area contributed by atoms with E-state index in [4.69, 9.17) is 4.42 Å². The van der Waals surface area contributed by atoms with Crippen LogP contribution in [-0.4, -0.2) is 26.0 Å². The SMILES string of the molecule is CCc1c(C2CS(=O)(=O)CCC(C)N2)oc2ccccc12. The summed E-state index contributed by atoms with van der Waals surface area (Å²) in [6, 6.07) is 7.82. The van der Waals surface area contributed by atoms with Gasteiger partial charge in [-0.3, -0.25) is 0 Å². The highest BCUT2D eigenvalue weighted by Gasteiger charge is 2.30. The van der Waals surface area contributed by atoms with Crippen molar-refractivity contribution in [2.45, 2.75) is 38.8 Å². The van der Waals surface area contributed by atoms with Crippen LogP contribution in [0.5, 0.6) is 0 Å². The molecule has 21 heavy (non-hydrogen) atoms. The van der Waals surface area contributed by atoms with Crippen LogP contribution in [0.25, 0.3) is 11.0 Å². The third-order valence-electron chi connectivity index (χ3n) is 4.17. The van der Waals surface area contributed by atoms with Crippen LogP contribution in [-0.2, 0) is 16.3 Å². The van der Waals surface area contributed by atoms with E-state index in [1.165, 1.54) is 0 Å². The maximum Gasteiger partial charge on any atom is 0.152 e. The second-order valence-electron chi connectivity index (χ2n) is 5.82. The van der Waals surface area contributed by atoms with Gasteiger partial charge >= 0.3 is 0 Å². The number of hydrogen-bond acceptors (Lipinski definition) is 4. The number of furan rings is 1. The third-order valence-corrected chi connectivity index (χ3v) is 5.87. The Bertz CT molecular complexity index is 748. The standard InChI is InChI=1S/C16H21NO3S/c1-3-12-13-6-4-5-7-15(13)20-16(12)14-10-21(18,19)9-8-11(2)17-14/h4-7,11,14,17H,3,8-10H2,1-2H3. The smallest absolute Gasteiger partial charge is 0.152 e. The molecule has 0 amide bonds. The normalized spacial score (nSPS) is 25.8. The summed E-state index contributed by atoms with van der Waals surface area (Å²) >= 11 is 0. The molecule has 2 aromatic rings. The van der Waals surface area contributed by atoms with Gasteiger partial charge in [-0.1, -0.05) is 25.1 Å². The summed E-state index contributed by atoms with van der Waals surface area (Å²) in [4.78, 5) is 0. The van der Waals surface area contributed by atoms with Crippen LogP contribution in [0.2, 0.25) is 0 Å². The number of sulfone groups is 1. The minimum atomic E-state index is -3.03. The van der Waals surface area contributed by atoms with Gasteiger partial charge in [-0.05, 0) is 25.8 Å². The highest BCUT2D eigenvalue weighted by atomic mass is 32.2. The molecule has 1 aliphatic heterocycles. The molecular formula is C16H21NO3S. The summed E-state index contributed by atoms with van der Waals surface area (Å²) in [5.41, 5.74) is 1.95. The molecule has 3 rings (SSSR count). The van der Waals surface area contributed by atoms with Gasteiger partial charge in [0.1, 0.15) is 11.3 Å². The fourth-order valence-corrected chi connectivity index (χ4v) is 4.72. The van der Waals surface area contributed by atoms with E-state index in [1.54, 1.807) is 0 Å². The van der Waals surface area contributed by atoms with Gasteiger partial charge in [0.05, 0.1) is 17.5 Å². The van der Waals surface area contributed by atoms with Crippen molar-refractivity contribution in [2.75, 3.05) is 11.5 Å². The van der Waals surface area contributed by atoms with Crippen LogP contribution in [0.3, 0.4) is 0 Å². The van der Waals surface area contributed by atoms with Crippen LogP contribution in [0.15, 0.2) is 28.7 Å². The molecule has 114 valence electrons. The molecule has 1 aromatic heterocycles. The zero-order valence-corrected chi connectivity index (χ0v) is 13.2. The van der Waals surface area contributed by atoms with Crippen molar-refractivity contribution in [3.05, 3.63) is 35.6 Å². The van der Waals surface area contributed by atoms with E-state index in [9.17, 15) is 8.42 Å². The van der Waals surface area contributed by atoms with Gasteiger partial charge < -0.3 is 9.73 Å². The van der Waals surface area contributed by atoms with E-state index in [-0.39, 0.29) is 23.6 Å². The Hall–Kier alpha value is -1.33. The maximum atomic E-state index is 12.1. The number of fused-ring (bicyclic) bond motifs is 1. The van der Waals surface area contributed by atoms with Crippen molar-refractivity contribution < 1.29 is 12.8 Å². The maximum absolute atomic E-state index is 12.1. The van der Waals surface area contributed by atoms with Gasteiger partial charge in [0.2, 0.25) is 0 Å². The van der Waals surface area contributed by atoms with E-state index < -0.39 is 9.84 Å². The zero-order valence-electron chi connectivity index (χ0n) is 12.4. The molecule has 1 fully saturated rings. The summed E-state index contributed by atoms with van der Waals surface area (Å²) in [5, 5.41) is 4.50. The summed E-state index contributed by atoms with van der Waals surface area (Å²) in [5.74, 6) is 1.15. The van der Waals surface area contributed by atoms with Crippen molar-refractivity contribution in [3.8, 4) is 0 Å². The highest BCUT2D eigenvalue weighted by molar-refractivity contribution is 7.91. The Morgan fingerprint density at radius 3 is 2.86 bits per heavy atom. The van der Waals surface area contributed by atoms with Crippen molar-refractivity contribution in [3.63, 3.8) is 0 Å². The van der Waals surface area contributed by atoms with Gasteiger partial charge in [-0.2, -0.15) is 0 Å². The van der Waals surface area contributed by atoms with E-state index in [2.05, 4.69) is 12.2 Å². The van der Waals surface area contributed by atoms with E-state index in [0.717, 1.165) is 28.7 Å². The second-order valence-corrected chi connectivity index (χ2v) is 8.05. The first-order valence-corrected chi connectivity index (χ1v) is 9.29. The Balaban J connectivity index is 2.09. The third kappa shape index (κ3) is 2.85. The van der Waals surface area contributed by atoms with Crippen LogP contribution >= 0.6 is 0 Å². The van der Waals surface area contributed by atoms with Crippen LogP contribution in [0.1, 0.15) is 37.6 Å². The molecule has 0 radical (unpaired) electrons. The summed E-state index contributed by atoms with van der Waals surface area (Å²) in [6.07, 6.45) is 1.49. The molecule has 4 nitrogen and oxygen atoms in total. The lowest BCUT2D eigenvalue weighted by molar-refractivity contribution is 0.412. The quantitative estimate of drug-likeness (QED) is 0.927. The largest absolute Gasteiger partial charge is 0.459 e.